The molecule has 0 fully saturated rings. The van der Waals surface area contributed by atoms with E-state index in [1.54, 1.807) is 29.2 Å². The van der Waals surface area contributed by atoms with Crippen LogP contribution < -0.4 is 4.90 Å². The Morgan fingerprint density at radius 2 is 1.52 bits per heavy atom. The molecule has 1 heterocycles. The summed E-state index contributed by atoms with van der Waals surface area (Å²) >= 11 is 5.94. The van der Waals surface area contributed by atoms with E-state index in [0.29, 0.717) is 16.3 Å². The number of nitrogens with zero attached hydrogens (tertiary/aromatic N) is 1. The summed E-state index contributed by atoms with van der Waals surface area (Å²) in [5.74, 6) is -0.497. The van der Waals surface area contributed by atoms with Crippen molar-refractivity contribution in [2.75, 3.05) is 4.90 Å². The van der Waals surface area contributed by atoms with Crippen molar-refractivity contribution in [3.05, 3.63) is 112 Å². The van der Waals surface area contributed by atoms with Crippen molar-refractivity contribution < 1.29 is 9.18 Å². The van der Waals surface area contributed by atoms with Crippen LogP contribution in [0.25, 0.3) is 11.8 Å². The third-order valence-corrected chi connectivity index (χ3v) is 4.58. The van der Waals surface area contributed by atoms with Gasteiger partial charge in [0.1, 0.15) is 5.82 Å². The van der Waals surface area contributed by atoms with Crippen molar-refractivity contribution in [3.8, 4) is 0 Å². The topological polar surface area (TPSA) is 20.3 Å². The average molecular weight is 376 g/mol. The van der Waals surface area contributed by atoms with Crippen LogP contribution >= 0.6 is 11.6 Å². The SMILES string of the molecule is O=C1C(=Cc2ccc(Cl)cc2)C=C(c2ccccc2)N1c1ccc(F)cc1. The van der Waals surface area contributed by atoms with E-state index in [1.165, 1.54) is 12.1 Å². The predicted molar refractivity (Wildman–Crippen MR) is 108 cm³/mol. The zero-order valence-electron chi connectivity index (χ0n) is 14.3. The summed E-state index contributed by atoms with van der Waals surface area (Å²) in [6.07, 6.45) is 3.68. The molecule has 27 heavy (non-hydrogen) atoms. The molecule has 0 saturated heterocycles. The minimum Gasteiger partial charge on any atom is -0.276 e. The van der Waals surface area contributed by atoms with Gasteiger partial charge in [-0.05, 0) is 59.7 Å². The van der Waals surface area contributed by atoms with Crippen molar-refractivity contribution in [2.24, 2.45) is 0 Å². The molecule has 0 saturated carbocycles. The lowest BCUT2D eigenvalue weighted by Gasteiger charge is -2.20. The molecule has 1 aliphatic rings. The van der Waals surface area contributed by atoms with Gasteiger partial charge in [0.2, 0.25) is 0 Å². The number of rotatable bonds is 3. The van der Waals surface area contributed by atoms with Crippen molar-refractivity contribution >= 4 is 35.0 Å². The highest BCUT2D eigenvalue weighted by molar-refractivity contribution is 6.30. The van der Waals surface area contributed by atoms with E-state index < -0.39 is 0 Å². The van der Waals surface area contributed by atoms with Crippen LogP contribution in [0.5, 0.6) is 0 Å². The highest BCUT2D eigenvalue weighted by Gasteiger charge is 2.30. The molecule has 0 N–H and O–H groups in total. The lowest BCUT2D eigenvalue weighted by Crippen LogP contribution is -2.24. The number of halogens is 2. The fourth-order valence-corrected chi connectivity index (χ4v) is 3.15. The van der Waals surface area contributed by atoms with E-state index in [4.69, 9.17) is 11.6 Å². The standard InChI is InChI=1S/C23H15ClFNO/c24-19-8-6-16(7-9-19)14-18-15-22(17-4-2-1-3-5-17)26(23(18)27)21-12-10-20(25)11-13-21/h1-15H. The van der Waals surface area contributed by atoms with Crippen LogP contribution in [0, 0.1) is 5.82 Å². The Morgan fingerprint density at radius 3 is 2.19 bits per heavy atom. The van der Waals surface area contributed by atoms with Gasteiger partial charge in [-0.25, -0.2) is 4.39 Å². The van der Waals surface area contributed by atoms with Gasteiger partial charge in [0.15, 0.2) is 0 Å². The van der Waals surface area contributed by atoms with E-state index in [0.717, 1.165) is 16.8 Å². The van der Waals surface area contributed by atoms with Crippen LogP contribution in [0.2, 0.25) is 5.02 Å². The second kappa shape index (κ2) is 7.22. The first kappa shape index (κ1) is 17.3. The van der Waals surface area contributed by atoms with E-state index in [-0.39, 0.29) is 11.7 Å². The molecule has 1 amide bonds. The van der Waals surface area contributed by atoms with E-state index >= 15 is 0 Å². The second-order valence-electron chi connectivity index (χ2n) is 6.16. The van der Waals surface area contributed by atoms with Crippen molar-refractivity contribution in [2.45, 2.75) is 0 Å². The largest absolute Gasteiger partial charge is 0.276 e. The molecular formula is C23H15ClFNO. The Balaban J connectivity index is 1.80. The summed E-state index contributed by atoms with van der Waals surface area (Å²) in [5, 5.41) is 0.642. The molecule has 4 rings (SSSR count). The first-order valence-corrected chi connectivity index (χ1v) is 8.84. The lowest BCUT2D eigenvalue weighted by atomic mass is 10.1. The number of carbonyl (C=O) groups excluding carboxylic acids is 1. The van der Waals surface area contributed by atoms with Gasteiger partial charge in [0.05, 0.1) is 5.70 Å². The van der Waals surface area contributed by atoms with Gasteiger partial charge in [-0.1, -0.05) is 54.1 Å². The molecule has 3 aromatic carbocycles. The molecule has 0 aliphatic carbocycles. The predicted octanol–water partition coefficient (Wildman–Crippen LogP) is 5.95. The summed E-state index contributed by atoms with van der Waals surface area (Å²) < 4.78 is 13.3. The summed E-state index contributed by atoms with van der Waals surface area (Å²) in [6, 6.07) is 22.9. The van der Waals surface area contributed by atoms with Crippen molar-refractivity contribution in [3.63, 3.8) is 0 Å². The number of carbonyl (C=O) groups is 1. The lowest BCUT2D eigenvalue weighted by molar-refractivity contribution is -0.113. The van der Waals surface area contributed by atoms with E-state index in [1.807, 2.05) is 54.6 Å². The third kappa shape index (κ3) is 3.55. The number of amides is 1. The molecule has 0 spiro atoms. The minimum atomic E-state index is -0.340. The molecule has 0 bridgehead atoms. The Bertz CT molecular complexity index is 1040. The van der Waals surface area contributed by atoms with Gasteiger partial charge in [0, 0.05) is 16.3 Å². The maximum absolute atomic E-state index is 13.3. The molecule has 0 radical (unpaired) electrons. The number of benzene rings is 3. The summed E-state index contributed by atoms with van der Waals surface area (Å²) in [7, 11) is 0. The van der Waals surface area contributed by atoms with Crippen molar-refractivity contribution in [1.82, 2.24) is 0 Å². The van der Waals surface area contributed by atoms with Crippen LogP contribution in [0.4, 0.5) is 10.1 Å². The molecule has 3 aromatic rings. The van der Waals surface area contributed by atoms with Gasteiger partial charge in [0.25, 0.3) is 5.91 Å². The average Bonchev–Trinajstić information content (AvgIpc) is 3.01. The molecule has 2 nitrogen and oxygen atoms in total. The van der Waals surface area contributed by atoms with Crippen LogP contribution in [-0.2, 0) is 4.79 Å². The molecule has 132 valence electrons. The normalized spacial score (nSPS) is 15.3. The first-order chi connectivity index (χ1) is 13.1. The van der Waals surface area contributed by atoms with Gasteiger partial charge in [-0.3, -0.25) is 9.69 Å². The van der Waals surface area contributed by atoms with Crippen LogP contribution in [0.1, 0.15) is 11.1 Å². The minimum absolute atomic E-state index is 0.157. The molecule has 0 aromatic heterocycles. The first-order valence-electron chi connectivity index (χ1n) is 8.46. The fraction of sp³-hybridized carbons (Fsp3) is 0. The molecule has 4 heteroatoms. The quantitative estimate of drug-likeness (QED) is 0.518. The van der Waals surface area contributed by atoms with Crippen LogP contribution in [-0.4, -0.2) is 5.91 Å². The van der Waals surface area contributed by atoms with Gasteiger partial charge in [-0.2, -0.15) is 0 Å². The van der Waals surface area contributed by atoms with Crippen LogP contribution in [0.15, 0.2) is 90.5 Å². The summed E-state index contributed by atoms with van der Waals surface area (Å²) in [5.41, 5.74) is 3.73. The molecule has 0 atom stereocenters. The summed E-state index contributed by atoms with van der Waals surface area (Å²) in [6.45, 7) is 0. The zero-order valence-corrected chi connectivity index (χ0v) is 15.0. The monoisotopic (exact) mass is 375 g/mol. The van der Waals surface area contributed by atoms with Crippen LogP contribution in [0.3, 0.4) is 0 Å². The fourth-order valence-electron chi connectivity index (χ4n) is 3.02. The Hall–Kier alpha value is -3.17. The number of hydrogen-bond acceptors (Lipinski definition) is 1. The molecular weight excluding hydrogens is 361 g/mol. The number of anilines is 1. The zero-order chi connectivity index (χ0) is 18.8. The van der Waals surface area contributed by atoms with Crippen molar-refractivity contribution in [1.29, 1.82) is 0 Å². The second-order valence-corrected chi connectivity index (χ2v) is 6.60. The van der Waals surface area contributed by atoms with E-state index in [2.05, 4.69) is 0 Å². The highest BCUT2D eigenvalue weighted by Crippen LogP contribution is 2.35. The van der Waals surface area contributed by atoms with Gasteiger partial charge in [-0.15, -0.1) is 0 Å². The van der Waals surface area contributed by atoms with Gasteiger partial charge >= 0.3 is 0 Å². The van der Waals surface area contributed by atoms with E-state index in [9.17, 15) is 9.18 Å². The van der Waals surface area contributed by atoms with Gasteiger partial charge < -0.3 is 0 Å². The third-order valence-electron chi connectivity index (χ3n) is 4.33. The Labute approximate surface area is 161 Å². The Kier molecular flexibility index (Phi) is 4.61. The summed E-state index contributed by atoms with van der Waals surface area (Å²) in [4.78, 5) is 14.7. The molecule has 1 aliphatic heterocycles. The number of hydrogen-bond donors (Lipinski definition) is 0. The maximum atomic E-state index is 13.3. The Morgan fingerprint density at radius 1 is 0.852 bits per heavy atom. The highest BCUT2D eigenvalue weighted by atomic mass is 35.5. The smallest absolute Gasteiger partial charge is 0.262 e. The molecule has 0 unspecified atom stereocenters. The maximum Gasteiger partial charge on any atom is 0.262 e.